The molecule has 0 bridgehead atoms. The summed E-state index contributed by atoms with van der Waals surface area (Å²) in [6.07, 6.45) is 6.61. The smallest absolute Gasteiger partial charge is 0.322 e. The van der Waals surface area contributed by atoms with Crippen molar-refractivity contribution < 1.29 is 19.1 Å². The van der Waals surface area contributed by atoms with Crippen molar-refractivity contribution in [2.45, 2.75) is 91.3 Å². The van der Waals surface area contributed by atoms with Gasteiger partial charge in [0.15, 0.2) is 0 Å². The molecule has 164 valence electrons. The molecule has 0 amide bonds. The molecule has 0 saturated carbocycles. The lowest BCUT2D eigenvalue weighted by molar-refractivity contribution is -0.161. The van der Waals surface area contributed by atoms with E-state index in [1.807, 2.05) is 41.5 Å². The summed E-state index contributed by atoms with van der Waals surface area (Å²) in [7, 11) is 0. The molecule has 0 radical (unpaired) electrons. The number of hydrogen-bond acceptors (Lipinski definition) is 8. The number of rotatable bonds is 4. The molecule has 0 unspecified atom stereocenters. The van der Waals surface area contributed by atoms with Gasteiger partial charge in [0, 0.05) is 13.1 Å². The van der Waals surface area contributed by atoms with E-state index in [1.54, 1.807) is 10.0 Å². The highest BCUT2D eigenvalue weighted by molar-refractivity contribution is 5.72. The highest BCUT2D eigenvalue weighted by Gasteiger charge is 2.21. The van der Waals surface area contributed by atoms with Gasteiger partial charge >= 0.3 is 11.9 Å². The second kappa shape index (κ2) is 11.7. The second-order valence-electron chi connectivity index (χ2n) is 9.36. The van der Waals surface area contributed by atoms with Gasteiger partial charge in [-0.05, 0) is 54.4 Å². The van der Waals surface area contributed by atoms with E-state index < -0.39 is 11.2 Å². The second-order valence-corrected chi connectivity index (χ2v) is 9.36. The maximum Gasteiger partial charge on any atom is 0.322 e. The van der Waals surface area contributed by atoms with Gasteiger partial charge < -0.3 is 9.47 Å². The fraction of sp³-hybridized carbons (Fsp3) is 0.900. The first-order valence-electron chi connectivity index (χ1n) is 10.4. The Balaban J connectivity index is 2.66. The van der Waals surface area contributed by atoms with Crippen LogP contribution in [-0.2, 0) is 19.1 Å². The summed E-state index contributed by atoms with van der Waals surface area (Å²) in [6, 6.07) is 0. The van der Waals surface area contributed by atoms with Crippen LogP contribution in [-0.4, -0.2) is 59.3 Å². The van der Waals surface area contributed by atoms with Gasteiger partial charge in [0.05, 0.1) is 0 Å². The average molecular weight is 401 g/mol. The van der Waals surface area contributed by atoms with E-state index in [-0.39, 0.29) is 25.0 Å². The zero-order chi connectivity index (χ0) is 21.2. The summed E-state index contributed by atoms with van der Waals surface area (Å²) in [5, 5.41) is 3.61. The van der Waals surface area contributed by atoms with Crippen LogP contribution in [0.15, 0.2) is 0 Å². The Morgan fingerprint density at radius 2 is 1.00 bits per heavy atom. The number of carbonyl (C=O) groups excluding carboxylic acids is 2. The van der Waals surface area contributed by atoms with Crippen molar-refractivity contribution in [3.05, 3.63) is 0 Å². The molecule has 1 rings (SSSR count). The summed E-state index contributed by atoms with van der Waals surface area (Å²) in [5.74, 6) is -0.569. The van der Waals surface area contributed by atoms with Crippen LogP contribution in [0.1, 0.15) is 80.1 Å². The Hall–Kier alpha value is -1.22. The van der Waals surface area contributed by atoms with E-state index in [0.29, 0.717) is 13.1 Å². The standard InChI is InChI=1S/C20H40N4O4/c1-19(2,3)27-17(25)15-23-13-11-9-7-8-10-12-14-24(22-21-23)16-18(26)28-20(4,5)6/h21-22H,7-16H2,1-6H3. The van der Waals surface area contributed by atoms with E-state index in [4.69, 9.17) is 9.47 Å². The van der Waals surface area contributed by atoms with E-state index in [9.17, 15) is 9.59 Å². The van der Waals surface area contributed by atoms with Crippen LogP contribution in [0, 0.1) is 0 Å². The molecule has 2 N–H and O–H groups in total. The molecular weight excluding hydrogens is 360 g/mol. The predicted molar refractivity (Wildman–Crippen MR) is 109 cm³/mol. The molecule has 1 aliphatic heterocycles. The van der Waals surface area contributed by atoms with Gasteiger partial charge in [-0.15, -0.1) is 0 Å². The van der Waals surface area contributed by atoms with Crippen molar-refractivity contribution in [2.24, 2.45) is 0 Å². The molecule has 1 aliphatic rings. The molecule has 0 aromatic carbocycles. The van der Waals surface area contributed by atoms with E-state index in [0.717, 1.165) is 25.7 Å². The molecular formula is C20H40N4O4. The van der Waals surface area contributed by atoms with Crippen molar-refractivity contribution in [2.75, 3.05) is 26.2 Å². The third kappa shape index (κ3) is 13.0. The van der Waals surface area contributed by atoms with E-state index in [1.165, 1.54) is 12.8 Å². The Morgan fingerprint density at radius 1 is 0.679 bits per heavy atom. The highest BCUT2D eigenvalue weighted by atomic mass is 16.6. The minimum atomic E-state index is -0.514. The van der Waals surface area contributed by atoms with Crippen molar-refractivity contribution in [1.29, 1.82) is 0 Å². The number of carbonyl (C=O) groups is 2. The molecule has 28 heavy (non-hydrogen) atoms. The lowest BCUT2D eigenvalue weighted by Crippen LogP contribution is -2.57. The van der Waals surface area contributed by atoms with Gasteiger partial charge in [0.1, 0.15) is 24.3 Å². The Morgan fingerprint density at radius 3 is 1.32 bits per heavy atom. The van der Waals surface area contributed by atoms with Crippen LogP contribution in [0.3, 0.4) is 0 Å². The van der Waals surface area contributed by atoms with Crippen LogP contribution in [0.5, 0.6) is 0 Å². The fourth-order valence-corrected chi connectivity index (χ4v) is 2.86. The number of hydrazine groups is 3. The third-order valence-electron chi connectivity index (χ3n) is 3.95. The molecule has 0 aromatic heterocycles. The average Bonchev–Trinajstić information content (AvgIpc) is 2.48. The first-order chi connectivity index (χ1) is 12.9. The fourth-order valence-electron chi connectivity index (χ4n) is 2.86. The van der Waals surface area contributed by atoms with Crippen molar-refractivity contribution in [3.63, 3.8) is 0 Å². The van der Waals surface area contributed by atoms with Gasteiger partial charge in [-0.2, -0.15) is 11.1 Å². The number of nitrogens with one attached hydrogen (secondary N) is 2. The molecule has 1 fully saturated rings. The van der Waals surface area contributed by atoms with Gasteiger partial charge in [-0.25, -0.2) is 10.0 Å². The van der Waals surface area contributed by atoms with E-state index >= 15 is 0 Å². The molecule has 0 aromatic rings. The van der Waals surface area contributed by atoms with Crippen LogP contribution >= 0.6 is 0 Å². The van der Waals surface area contributed by atoms with Gasteiger partial charge in [-0.1, -0.05) is 25.7 Å². The Kier molecular flexibility index (Phi) is 10.4. The highest BCUT2D eigenvalue weighted by Crippen LogP contribution is 2.10. The first kappa shape index (κ1) is 24.8. The SMILES string of the molecule is CC(C)(C)OC(=O)CN1CCCCCCCCN(CC(=O)OC(C)(C)C)NN1. The minimum absolute atomic E-state index is 0.130. The Labute approximate surface area is 170 Å². The van der Waals surface area contributed by atoms with Crippen molar-refractivity contribution in [3.8, 4) is 0 Å². The summed E-state index contributed by atoms with van der Waals surface area (Å²) in [4.78, 5) is 24.4. The van der Waals surface area contributed by atoms with Crippen molar-refractivity contribution in [1.82, 2.24) is 21.1 Å². The monoisotopic (exact) mass is 400 g/mol. The van der Waals surface area contributed by atoms with E-state index in [2.05, 4.69) is 11.1 Å². The lowest BCUT2D eigenvalue weighted by Gasteiger charge is -2.30. The summed E-state index contributed by atoms with van der Waals surface area (Å²) in [6.45, 7) is 12.8. The summed E-state index contributed by atoms with van der Waals surface area (Å²) >= 11 is 0. The summed E-state index contributed by atoms with van der Waals surface area (Å²) in [5.41, 5.74) is 5.12. The summed E-state index contributed by atoms with van der Waals surface area (Å²) < 4.78 is 10.8. The van der Waals surface area contributed by atoms with Crippen LogP contribution < -0.4 is 11.1 Å². The zero-order valence-electron chi connectivity index (χ0n) is 18.6. The minimum Gasteiger partial charge on any atom is -0.459 e. The maximum atomic E-state index is 12.2. The number of hydrogen-bond donors (Lipinski definition) is 2. The van der Waals surface area contributed by atoms with Crippen LogP contribution in [0.4, 0.5) is 0 Å². The van der Waals surface area contributed by atoms with Crippen LogP contribution in [0.2, 0.25) is 0 Å². The van der Waals surface area contributed by atoms with Gasteiger partial charge in [-0.3, -0.25) is 9.59 Å². The van der Waals surface area contributed by atoms with Crippen molar-refractivity contribution >= 4 is 11.9 Å². The molecule has 8 nitrogen and oxygen atoms in total. The molecule has 8 heteroatoms. The molecule has 0 aliphatic carbocycles. The zero-order valence-corrected chi connectivity index (χ0v) is 18.6. The van der Waals surface area contributed by atoms with Gasteiger partial charge in [0.25, 0.3) is 0 Å². The normalized spacial score (nSPS) is 19.4. The molecule has 0 spiro atoms. The van der Waals surface area contributed by atoms with Gasteiger partial charge in [0.2, 0.25) is 0 Å². The number of ether oxygens (including phenoxy) is 2. The quantitative estimate of drug-likeness (QED) is 0.697. The molecule has 1 heterocycles. The topological polar surface area (TPSA) is 83.1 Å². The predicted octanol–water partition coefficient (Wildman–Crippen LogP) is 2.55. The maximum absolute atomic E-state index is 12.2. The lowest BCUT2D eigenvalue weighted by atomic mass is 10.1. The number of nitrogens with zero attached hydrogens (tertiary/aromatic N) is 2. The van der Waals surface area contributed by atoms with Crippen LogP contribution in [0.25, 0.3) is 0 Å². The number of esters is 2. The Bertz CT molecular complexity index is 442. The molecule has 1 saturated heterocycles. The first-order valence-corrected chi connectivity index (χ1v) is 10.4. The molecule has 0 atom stereocenters. The largest absolute Gasteiger partial charge is 0.459 e. The third-order valence-corrected chi connectivity index (χ3v) is 3.95.